The average Bonchev–Trinajstić information content (AvgIpc) is 2.52. The number of methoxy groups -OCH3 is 1. The highest BCUT2D eigenvalue weighted by atomic mass is 79.9. The molecule has 0 saturated carbocycles. The Labute approximate surface area is 150 Å². The molecule has 24 heavy (non-hydrogen) atoms. The fourth-order valence-corrected chi connectivity index (χ4v) is 2.58. The summed E-state index contributed by atoms with van der Waals surface area (Å²) >= 11 is 3.41. The number of hydrogen-bond acceptors (Lipinski definition) is 4. The van der Waals surface area contributed by atoms with Crippen LogP contribution in [0.2, 0.25) is 0 Å². The third-order valence-electron chi connectivity index (χ3n) is 3.20. The number of carboxylic acid groups (broad SMARTS) is 1. The molecular weight excluding hydrogens is 378 g/mol. The van der Waals surface area contributed by atoms with Gasteiger partial charge >= 0.3 is 5.97 Å². The Morgan fingerprint density at radius 1 is 1.38 bits per heavy atom. The number of benzene rings is 1. The summed E-state index contributed by atoms with van der Waals surface area (Å²) in [6.45, 7) is 5.84. The van der Waals surface area contributed by atoms with Crippen LogP contribution in [0.4, 0.5) is 0 Å². The van der Waals surface area contributed by atoms with Crippen LogP contribution >= 0.6 is 15.9 Å². The molecule has 1 amide bonds. The van der Waals surface area contributed by atoms with E-state index in [4.69, 9.17) is 14.6 Å². The van der Waals surface area contributed by atoms with E-state index in [0.717, 1.165) is 0 Å². The molecule has 0 saturated heterocycles. The standard InChI is InChI=1S/C17H22BrNO5/c1-5-24-16-12(18)8-11(9-13(16)23-4)6-7-14(20)19-15(10(2)3)17(21)22/h6-10,15H,5H2,1-4H3,(H,19,20)(H,21,22)/b7-6+/t15-/m1/s1. The lowest BCUT2D eigenvalue weighted by molar-refractivity contribution is -0.142. The number of ether oxygens (including phenoxy) is 2. The first-order valence-corrected chi connectivity index (χ1v) is 8.31. The lowest BCUT2D eigenvalue weighted by Gasteiger charge is -2.16. The topological polar surface area (TPSA) is 84.9 Å². The van der Waals surface area contributed by atoms with Gasteiger partial charge in [0.15, 0.2) is 11.5 Å². The van der Waals surface area contributed by atoms with Crippen molar-refractivity contribution in [3.63, 3.8) is 0 Å². The predicted octanol–water partition coefficient (Wildman–Crippen LogP) is 3.10. The number of nitrogens with one attached hydrogen (secondary N) is 1. The molecule has 0 fully saturated rings. The van der Waals surface area contributed by atoms with E-state index in [0.29, 0.717) is 28.1 Å². The number of carboxylic acids is 1. The molecule has 7 heteroatoms. The molecule has 1 aromatic rings. The van der Waals surface area contributed by atoms with Gasteiger partial charge in [0.05, 0.1) is 18.2 Å². The Kier molecular flexibility index (Phi) is 7.78. The SMILES string of the molecule is CCOc1c(Br)cc(/C=C/C(=O)N[C@@H](C(=O)O)C(C)C)cc1OC. The van der Waals surface area contributed by atoms with Gasteiger partial charge in [0.25, 0.3) is 0 Å². The summed E-state index contributed by atoms with van der Waals surface area (Å²) in [6, 6.07) is 2.59. The van der Waals surface area contributed by atoms with E-state index in [9.17, 15) is 9.59 Å². The summed E-state index contributed by atoms with van der Waals surface area (Å²) in [5.74, 6) is -0.610. The number of amides is 1. The maximum Gasteiger partial charge on any atom is 0.326 e. The van der Waals surface area contributed by atoms with Crippen molar-refractivity contribution in [1.29, 1.82) is 0 Å². The predicted molar refractivity (Wildman–Crippen MR) is 95.3 cm³/mol. The molecule has 0 spiro atoms. The third-order valence-corrected chi connectivity index (χ3v) is 3.79. The highest BCUT2D eigenvalue weighted by Gasteiger charge is 2.22. The average molecular weight is 400 g/mol. The van der Waals surface area contributed by atoms with E-state index >= 15 is 0 Å². The molecule has 1 aromatic carbocycles. The molecule has 0 radical (unpaired) electrons. The quantitative estimate of drug-likeness (QED) is 0.656. The van der Waals surface area contributed by atoms with Gasteiger partial charge in [0, 0.05) is 6.08 Å². The van der Waals surface area contributed by atoms with Crippen LogP contribution in [0.25, 0.3) is 6.08 Å². The van der Waals surface area contributed by atoms with Crippen molar-refractivity contribution in [2.24, 2.45) is 5.92 Å². The van der Waals surface area contributed by atoms with Crippen molar-refractivity contribution in [1.82, 2.24) is 5.32 Å². The van der Waals surface area contributed by atoms with Crippen molar-refractivity contribution < 1.29 is 24.2 Å². The second kappa shape index (κ2) is 9.32. The number of aliphatic carboxylic acids is 1. The van der Waals surface area contributed by atoms with Gasteiger partial charge in [-0.3, -0.25) is 4.79 Å². The first-order valence-electron chi connectivity index (χ1n) is 7.51. The molecule has 0 bridgehead atoms. The fourth-order valence-electron chi connectivity index (χ4n) is 2.01. The van der Waals surface area contributed by atoms with E-state index in [2.05, 4.69) is 21.2 Å². The van der Waals surface area contributed by atoms with E-state index in [1.807, 2.05) is 6.92 Å². The first kappa shape index (κ1) is 20.0. The zero-order chi connectivity index (χ0) is 18.3. The lowest BCUT2D eigenvalue weighted by Crippen LogP contribution is -2.43. The number of carbonyl (C=O) groups excluding carboxylic acids is 1. The van der Waals surface area contributed by atoms with Crippen LogP contribution in [-0.4, -0.2) is 36.7 Å². The summed E-state index contributed by atoms with van der Waals surface area (Å²) in [6.07, 6.45) is 2.87. The molecule has 0 aliphatic rings. The maximum absolute atomic E-state index is 11.9. The van der Waals surface area contributed by atoms with E-state index in [-0.39, 0.29) is 5.92 Å². The van der Waals surface area contributed by atoms with E-state index in [1.165, 1.54) is 13.2 Å². The minimum atomic E-state index is -1.06. The molecule has 0 aliphatic carbocycles. The molecule has 1 rings (SSSR count). The van der Waals surface area contributed by atoms with Crippen LogP contribution in [0.3, 0.4) is 0 Å². The minimum Gasteiger partial charge on any atom is -0.493 e. The van der Waals surface area contributed by atoms with Crippen molar-refractivity contribution in [2.45, 2.75) is 26.8 Å². The van der Waals surface area contributed by atoms with E-state index < -0.39 is 17.9 Å². The van der Waals surface area contributed by atoms with Crippen LogP contribution in [0.5, 0.6) is 11.5 Å². The van der Waals surface area contributed by atoms with Crippen LogP contribution < -0.4 is 14.8 Å². The van der Waals surface area contributed by atoms with Crippen LogP contribution in [-0.2, 0) is 9.59 Å². The smallest absolute Gasteiger partial charge is 0.326 e. The second-order valence-electron chi connectivity index (χ2n) is 5.37. The molecule has 0 heterocycles. The monoisotopic (exact) mass is 399 g/mol. The summed E-state index contributed by atoms with van der Waals surface area (Å²) in [4.78, 5) is 23.0. The Bertz CT molecular complexity index is 628. The number of rotatable bonds is 8. The minimum absolute atomic E-state index is 0.209. The van der Waals surface area contributed by atoms with Gasteiger partial charge in [-0.15, -0.1) is 0 Å². The van der Waals surface area contributed by atoms with Gasteiger partial charge < -0.3 is 19.9 Å². The van der Waals surface area contributed by atoms with Gasteiger partial charge in [-0.1, -0.05) is 13.8 Å². The number of halogens is 1. The van der Waals surface area contributed by atoms with E-state index in [1.54, 1.807) is 32.1 Å². The Morgan fingerprint density at radius 2 is 2.04 bits per heavy atom. The number of hydrogen-bond donors (Lipinski definition) is 2. The van der Waals surface area contributed by atoms with Crippen LogP contribution in [0.1, 0.15) is 26.3 Å². The van der Waals surface area contributed by atoms with Gasteiger partial charge in [-0.25, -0.2) is 4.79 Å². The third kappa shape index (κ3) is 5.56. The Balaban J connectivity index is 2.92. The van der Waals surface area contributed by atoms with Crippen molar-refractivity contribution >= 4 is 33.9 Å². The summed E-state index contributed by atoms with van der Waals surface area (Å²) in [5, 5.41) is 11.6. The van der Waals surface area contributed by atoms with Gasteiger partial charge in [-0.05, 0) is 52.5 Å². The lowest BCUT2D eigenvalue weighted by atomic mass is 10.0. The molecule has 6 nitrogen and oxygen atoms in total. The van der Waals surface area contributed by atoms with Crippen molar-refractivity contribution in [2.75, 3.05) is 13.7 Å². The second-order valence-corrected chi connectivity index (χ2v) is 6.22. The molecule has 2 N–H and O–H groups in total. The molecule has 0 unspecified atom stereocenters. The summed E-state index contributed by atoms with van der Waals surface area (Å²) in [7, 11) is 1.53. The summed E-state index contributed by atoms with van der Waals surface area (Å²) < 4.78 is 11.5. The first-order chi connectivity index (χ1) is 11.3. The molecular formula is C17H22BrNO5. The number of carbonyl (C=O) groups is 2. The van der Waals surface area contributed by atoms with Crippen LogP contribution in [0, 0.1) is 5.92 Å². The molecule has 132 valence electrons. The Morgan fingerprint density at radius 3 is 2.54 bits per heavy atom. The molecule has 1 atom stereocenters. The van der Waals surface area contributed by atoms with Gasteiger partial charge in [0.2, 0.25) is 5.91 Å². The van der Waals surface area contributed by atoms with Crippen molar-refractivity contribution in [3.05, 3.63) is 28.2 Å². The van der Waals surface area contributed by atoms with Crippen molar-refractivity contribution in [3.8, 4) is 11.5 Å². The molecule has 0 aromatic heterocycles. The largest absolute Gasteiger partial charge is 0.493 e. The molecule has 0 aliphatic heterocycles. The normalized spacial score (nSPS) is 12.2. The summed E-state index contributed by atoms with van der Waals surface area (Å²) in [5.41, 5.74) is 0.716. The zero-order valence-corrected chi connectivity index (χ0v) is 15.7. The van der Waals surface area contributed by atoms with Crippen LogP contribution in [0.15, 0.2) is 22.7 Å². The maximum atomic E-state index is 11.9. The fraction of sp³-hybridized carbons (Fsp3) is 0.412. The van der Waals surface area contributed by atoms with Gasteiger partial charge in [-0.2, -0.15) is 0 Å². The highest BCUT2D eigenvalue weighted by molar-refractivity contribution is 9.10. The highest BCUT2D eigenvalue weighted by Crippen LogP contribution is 2.36. The Hall–Kier alpha value is -2.02. The zero-order valence-electron chi connectivity index (χ0n) is 14.1. The van der Waals surface area contributed by atoms with Gasteiger partial charge in [0.1, 0.15) is 6.04 Å².